The van der Waals surface area contributed by atoms with Crippen molar-refractivity contribution in [1.29, 1.82) is 0 Å². The van der Waals surface area contributed by atoms with Gasteiger partial charge in [-0.15, -0.1) is 0 Å². The molecule has 3 aromatic carbocycles. The van der Waals surface area contributed by atoms with Crippen LogP contribution in [0.15, 0.2) is 54.6 Å². The first-order valence-corrected chi connectivity index (χ1v) is 7.88. The van der Waals surface area contributed by atoms with E-state index in [1.54, 1.807) is 48.5 Å². The van der Waals surface area contributed by atoms with E-state index < -0.39 is 0 Å². The van der Waals surface area contributed by atoms with Crippen molar-refractivity contribution in [2.75, 3.05) is 11.9 Å². The monoisotopic (exact) mass is 361 g/mol. The third kappa shape index (κ3) is 3.55. The Morgan fingerprint density at radius 2 is 1.79 bits per heavy atom. The molecule has 0 aliphatic carbocycles. The number of anilines is 1. The molecule has 0 radical (unpaired) electrons. The Kier molecular flexibility index (Phi) is 4.79. The number of nitrogens with one attached hydrogen (secondary N) is 1. The molecular formula is C18H13Cl2NO3. The minimum absolute atomic E-state index is 0.160. The Balaban J connectivity index is 1.72. The summed E-state index contributed by atoms with van der Waals surface area (Å²) in [6.07, 6.45) is 0. The van der Waals surface area contributed by atoms with E-state index in [0.29, 0.717) is 26.9 Å². The van der Waals surface area contributed by atoms with Gasteiger partial charge in [0.2, 0.25) is 0 Å². The van der Waals surface area contributed by atoms with E-state index in [0.717, 1.165) is 5.39 Å². The normalized spacial score (nSPS) is 10.6. The highest BCUT2D eigenvalue weighted by molar-refractivity contribution is 6.35. The smallest absolute Gasteiger partial charge is 0.262 e. The summed E-state index contributed by atoms with van der Waals surface area (Å²) in [4.78, 5) is 12.1. The second-order valence-corrected chi connectivity index (χ2v) is 5.93. The van der Waals surface area contributed by atoms with Gasteiger partial charge in [-0.05, 0) is 30.3 Å². The number of phenolic OH excluding ortho intramolecular Hbond substituents is 1. The molecule has 0 fully saturated rings. The van der Waals surface area contributed by atoms with E-state index >= 15 is 0 Å². The number of phenols is 1. The number of benzene rings is 3. The molecule has 24 heavy (non-hydrogen) atoms. The Morgan fingerprint density at radius 1 is 1.04 bits per heavy atom. The van der Waals surface area contributed by atoms with Gasteiger partial charge in [0.1, 0.15) is 11.5 Å². The van der Waals surface area contributed by atoms with Crippen molar-refractivity contribution in [2.24, 2.45) is 0 Å². The number of carbonyl (C=O) groups is 1. The van der Waals surface area contributed by atoms with Gasteiger partial charge in [0, 0.05) is 21.5 Å². The summed E-state index contributed by atoms with van der Waals surface area (Å²) in [5, 5.41) is 14.9. The summed E-state index contributed by atoms with van der Waals surface area (Å²) < 4.78 is 5.41. The first-order valence-electron chi connectivity index (χ1n) is 7.13. The van der Waals surface area contributed by atoms with E-state index in [2.05, 4.69) is 5.32 Å². The second-order valence-electron chi connectivity index (χ2n) is 5.09. The van der Waals surface area contributed by atoms with E-state index in [-0.39, 0.29) is 18.3 Å². The molecule has 0 saturated carbocycles. The molecular weight excluding hydrogens is 349 g/mol. The van der Waals surface area contributed by atoms with Gasteiger partial charge in [-0.25, -0.2) is 0 Å². The Bertz CT molecular complexity index is 912. The van der Waals surface area contributed by atoms with Crippen LogP contribution in [0.3, 0.4) is 0 Å². The topological polar surface area (TPSA) is 58.6 Å². The minimum atomic E-state index is -0.336. The zero-order valence-electron chi connectivity index (χ0n) is 12.4. The van der Waals surface area contributed by atoms with Gasteiger partial charge in [-0.3, -0.25) is 4.79 Å². The molecule has 1 amide bonds. The average Bonchev–Trinajstić information content (AvgIpc) is 2.55. The Labute approximate surface area is 148 Å². The van der Waals surface area contributed by atoms with E-state index in [1.807, 2.05) is 6.07 Å². The molecule has 4 nitrogen and oxygen atoms in total. The summed E-state index contributed by atoms with van der Waals surface area (Å²) in [6.45, 7) is -0.198. The second kappa shape index (κ2) is 6.99. The molecule has 6 heteroatoms. The average molecular weight is 362 g/mol. The molecule has 0 bridgehead atoms. The zero-order chi connectivity index (χ0) is 17.1. The molecule has 0 saturated heterocycles. The minimum Gasteiger partial charge on any atom is -0.507 e. The highest BCUT2D eigenvalue weighted by Crippen LogP contribution is 2.30. The van der Waals surface area contributed by atoms with Crippen LogP contribution in [0.1, 0.15) is 0 Å². The maximum atomic E-state index is 12.1. The molecule has 122 valence electrons. The number of aromatic hydroxyl groups is 1. The van der Waals surface area contributed by atoms with Crippen molar-refractivity contribution < 1.29 is 14.6 Å². The van der Waals surface area contributed by atoms with Gasteiger partial charge in [-0.2, -0.15) is 0 Å². The Morgan fingerprint density at radius 3 is 2.58 bits per heavy atom. The van der Waals surface area contributed by atoms with Crippen LogP contribution in [0, 0.1) is 0 Å². The molecule has 0 aliphatic rings. The fourth-order valence-electron chi connectivity index (χ4n) is 2.32. The van der Waals surface area contributed by atoms with E-state index in [1.165, 1.54) is 0 Å². The maximum Gasteiger partial charge on any atom is 0.262 e. The van der Waals surface area contributed by atoms with Crippen LogP contribution in [0.25, 0.3) is 10.8 Å². The number of hydrogen-bond acceptors (Lipinski definition) is 3. The summed E-state index contributed by atoms with van der Waals surface area (Å²) in [5.41, 5.74) is 0.596. The summed E-state index contributed by atoms with van der Waals surface area (Å²) >= 11 is 11.8. The number of hydrogen-bond donors (Lipinski definition) is 2. The third-order valence-corrected chi connectivity index (χ3v) is 3.96. The maximum absolute atomic E-state index is 12.1. The summed E-state index contributed by atoms with van der Waals surface area (Å²) in [7, 11) is 0. The summed E-state index contributed by atoms with van der Waals surface area (Å²) in [5.74, 6) is 0.205. The van der Waals surface area contributed by atoms with E-state index in [9.17, 15) is 9.90 Å². The first kappa shape index (κ1) is 16.4. The van der Waals surface area contributed by atoms with Crippen LogP contribution in [0.4, 0.5) is 5.69 Å². The lowest BCUT2D eigenvalue weighted by atomic mass is 10.1. The number of amides is 1. The van der Waals surface area contributed by atoms with E-state index in [4.69, 9.17) is 27.9 Å². The Hall–Kier alpha value is -2.43. The van der Waals surface area contributed by atoms with Crippen molar-refractivity contribution in [3.05, 3.63) is 64.6 Å². The van der Waals surface area contributed by atoms with Crippen molar-refractivity contribution in [1.82, 2.24) is 0 Å². The number of rotatable bonds is 4. The van der Waals surface area contributed by atoms with Gasteiger partial charge < -0.3 is 15.2 Å². The van der Waals surface area contributed by atoms with Gasteiger partial charge in [0.25, 0.3) is 5.91 Å². The van der Waals surface area contributed by atoms with Crippen molar-refractivity contribution in [2.45, 2.75) is 0 Å². The SMILES string of the molecule is O=C(COc1ccc(Cl)cc1Cl)Nc1cccc2c(O)cccc12. The molecule has 0 atom stereocenters. The van der Waals surface area contributed by atoms with Crippen LogP contribution in [-0.2, 0) is 4.79 Å². The quantitative estimate of drug-likeness (QED) is 0.696. The van der Waals surface area contributed by atoms with Crippen LogP contribution in [0.5, 0.6) is 11.5 Å². The van der Waals surface area contributed by atoms with Crippen molar-refractivity contribution in [3.63, 3.8) is 0 Å². The highest BCUT2D eigenvalue weighted by Gasteiger charge is 2.10. The molecule has 3 aromatic rings. The molecule has 0 spiro atoms. The predicted molar refractivity (Wildman–Crippen MR) is 96.2 cm³/mol. The lowest BCUT2D eigenvalue weighted by molar-refractivity contribution is -0.118. The van der Waals surface area contributed by atoms with Gasteiger partial charge in [0.15, 0.2) is 6.61 Å². The van der Waals surface area contributed by atoms with Crippen LogP contribution >= 0.6 is 23.2 Å². The fourth-order valence-corrected chi connectivity index (χ4v) is 2.79. The third-order valence-electron chi connectivity index (χ3n) is 3.43. The van der Waals surface area contributed by atoms with Gasteiger partial charge in [0.05, 0.1) is 5.02 Å². The number of carbonyl (C=O) groups excluding carboxylic acids is 1. The largest absolute Gasteiger partial charge is 0.507 e. The standard InChI is InChI=1S/C18H13Cl2NO3/c19-11-7-8-17(14(20)9-11)24-10-18(23)21-15-5-1-4-13-12(15)3-2-6-16(13)22/h1-9,22H,10H2,(H,21,23). The zero-order valence-corrected chi connectivity index (χ0v) is 13.9. The fraction of sp³-hybridized carbons (Fsp3) is 0.0556. The van der Waals surface area contributed by atoms with Crippen molar-refractivity contribution >= 4 is 45.6 Å². The molecule has 2 N–H and O–H groups in total. The van der Waals surface area contributed by atoms with Crippen molar-refractivity contribution in [3.8, 4) is 11.5 Å². The predicted octanol–water partition coefficient (Wildman–Crippen LogP) is 4.87. The molecule has 0 unspecified atom stereocenters. The number of fused-ring (bicyclic) bond motifs is 1. The number of halogens is 2. The lowest BCUT2D eigenvalue weighted by Gasteiger charge is -2.11. The van der Waals surface area contributed by atoms with Crippen LogP contribution in [0.2, 0.25) is 10.0 Å². The lowest BCUT2D eigenvalue weighted by Crippen LogP contribution is -2.20. The summed E-state index contributed by atoms with van der Waals surface area (Å²) in [6, 6.07) is 15.2. The van der Waals surface area contributed by atoms with Gasteiger partial charge in [-0.1, -0.05) is 47.5 Å². The van der Waals surface area contributed by atoms with Crippen LogP contribution < -0.4 is 10.1 Å². The molecule has 0 aliphatic heterocycles. The van der Waals surface area contributed by atoms with Crippen LogP contribution in [-0.4, -0.2) is 17.6 Å². The molecule has 0 aromatic heterocycles. The molecule has 3 rings (SSSR count). The highest BCUT2D eigenvalue weighted by atomic mass is 35.5. The first-order chi connectivity index (χ1) is 11.5. The number of ether oxygens (including phenoxy) is 1. The van der Waals surface area contributed by atoms with Gasteiger partial charge >= 0.3 is 0 Å². The molecule has 0 heterocycles.